The van der Waals surface area contributed by atoms with Gasteiger partial charge in [0, 0.05) is 24.7 Å². The number of pyridine rings is 2. The molecule has 1 aliphatic rings. The second kappa shape index (κ2) is 15.2. The van der Waals surface area contributed by atoms with E-state index in [1.54, 1.807) is 25.1 Å². The van der Waals surface area contributed by atoms with Gasteiger partial charge >= 0.3 is 12.1 Å². The summed E-state index contributed by atoms with van der Waals surface area (Å²) in [5.41, 5.74) is 2.29. The van der Waals surface area contributed by atoms with Gasteiger partial charge in [-0.3, -0.25) is 14.4 Å². The van der Waals surface area contributed by atoms with Crippen LogP contribution in [0.25, 0.3) is 11.1 Å². The normalized spacial score (nSPS) is 14.4. The van der Waals surface area contributed by atoms with Crippen molar-refractivity contribution in [2.24, 2.45) is 11.8 Å². The van der Waals surface area contributed by atoms with Gasteiger partial charge in [-0.2, -0.15) is 13.2 Å². The quantitative estimate of drug-likeness (QED) is 0.220. The zero-order valence-electron chi connectivity index (χ0n) is 28.2. The Bertz CT molecular complexity index is 1760. The molecule has 0 aliphatic heterocycles. The number of aromatic nitrogens is 2. The molecular weight excluding hydrogens is 621 g/mol. The SMILES string of the molecule is Cc1cccc(C)c1-c1cc(C#CC2CC2)nc([C@H](CC(=O)O)NC(=O)[C@H](CC(C)C)n2cc(CCN(C)C)c(C(F)(F)F)cc2=O)c1. The van der Waals surface area contributed by atoms with Crippen molar-refractivity contribution in [3.63, 3.8) is 0 Å². The predicted octanol–water partition coefficient (Wildman–Crippen LogP) is 6.33. The van der Waals surface area contributed by atoms with Crippen LogP contribution in [0.3, 0.4) is 0 Å². The van der Waals surface area contributed by atoms with Crippen LogP contribution in [-0.2, 0) is 22.2 Å². The molecular formula is C37H43F3N4O4. The summed E-state index contributed by atoms with van der Waals surface area (Å²) in [5.74, 6) is 4.59. The highest BCUT2D eigenvalue weighted by Gasteiger charge is 2.36. The number of carbonyl (C=O) groups excluding carboxylic acids is 1. The summed E-state index contributed by atoms with van der Waals surface area (Å²) in [5, 5.41) is 12.7. The number of halogens is 3. The minimum absolute atomic E-state index is 0.000515. The Morgan fingerprint density at radius 2 is 1.79 bits per heavy atom. The minimum Gasteiger partial charge on any atom is -0.481 e. The molecule has 2 aromatic heterocycles. The zero-order chi connectivity index (χ0) is 35.3. The topological polar surface area (TPSA) is 105 Å². The van der Waals surface area contributed by atoms with Crippen molar-refractivity contribution < 1.29 is 27.9 Å². The van der Waals surface area contributed by atoms with Crippen molar-refractivity contribution in [3.8, 4) is 23.0 Å². The van der Waals surface area contributed by atoms with E-state index in [0.717, 1.165) is 45.9 Å². The number of carboxylic acid groups (broad SMARTS) is 1. The van der Waals surface area contributed by atoms with Crippen molar-refractivity contribution in [2.45, 2.75) is 78.1 Å². The van der Waals surface area contributed by atoms with E-state index in [9.17, 15) is 32.7 Å². The number of rotatable bonds is 12. The summed E-state index contributed by atoms with van der Waals surface area (Å²) < 4.78 is 42.9. The molecule has 3 aromatic rings. The lowest BCUT2D eigenvalue weighted by Gasteiger charge is -2.26. The van der Waals surface area contributed by atoms with Gasteiger partial charge < -0.3 is 19.9 Å². The molecule has 4 rings (SSSR count). The Morgan fingerprint density at radius 1 is 1.12 bits per heavy atom. The first-order valence-corrected chi connectivity index (χ1v) is 16.1. The molecule has 8 nitrogen and oxygen atoms in total. The molecule has 2 heterocycles. The standard InChI is InChI=1S/C37H43F3N4O4/c1-22(2)16-32(44-21-26(14-15-43(5)6)29(19-33(44)45)37(38,39)40)36(48)42-31(20-34(46)47)30-18-27(35-23(3)8-7-9-24(35)4)17-28(41-30)13-12-25-10-11-25/h7-9,17-19,21-22,25,31-32H,10-11,14-16,20H2,1-6H3,(H,42,48)(H,46,47)/t31-,32-/m0/s1. The van der Waals surface area contributed by atoms with Gasteiger partial charge in [-0.25, -0.2) is 4.98 Å². The number of nitrogens with one attached hydrogen (secondary N) is 1. The zero-order valence-corrected chi connectivity index (χ0v) is 28.2. The minimum atomic E-state index is -4.76. The van der Waals surface area contributed by atoms with Gasteiger partial charge in [-0.05, 0) is 105 Å². The van der Waals surface area contributed by atoms with E-state index >= 15 is 0 Å². The fourth-order valence-corrected chi connectivity index (χ4v) is 5.72. The van der Waals surface area contributed by atoms with E-state index in [4.69, 9.17) is 0 Å². The summed E-state index contributed by atoms with van der Waals surface area (Å²) in [4.78, 5) is 45.9. The van der Waals surface area contributed by atoms with Gasteiger partial charge in [-0.1, -0.05) is 38.0 Å². The van der Waals surface area contributed by atoms with Crippen molar-refractivity contribution in [1.29, 1.82) is 0 Å². The van der Waals surface area contributed by atoms with Gasteiger partial charge in [0.25, 0.3) is 5.56 Å². The Morgan fingerprint density at radius 3 is 2.35 bits per heavy atom. The second-order valence-electron chi connectivity index (χ2n) is 13.3. The lowest BCUT2D eigenvalue weighted by Crippen LogP contribution is -2.41. The number of hydrogen-bond donors (Lipinski definition) is 2. The van der Waals surface area contributed by atoms with Crippen LogP contribution in [0, 0.1) is 37.5 Å². The molecule has 1 amide bonds. The molecule has 0 saturated heterocycles. The first-order chi connectivity index (χ1) is 22.5. The van der Waals surface area contributed by atoms with Crippen LogP contribution < -0.4 is 10.9 Å². The first kappa shape index (κ1) is 36.4. The summed E-state index contributed by atoms with van der Waals surface area (Å²) in [7, 11) is 3.46. The Balaban J connectivity index is 1.80. The van der Waals surface area contributed by atoms with Crippen LogP contribution in [0.1, 0.15) is 85.3 Å². The maximum absolute atomic E-state index is 14.1. The van der Waals surface area contributed by atoms with Gasteiger partial charge in [0.05, 0.1) is 23.7 Å². The number of aliphatic carboxylic acids is 1. The van der Waals surface area contributed by atoms with Gasteiger partial charge in [0.2, 0.25) is 5.91 Å². The predicted molar refractivity (Wildman–Crippen MR) is 178 cm³/mol. The Hall–Kier alpha value is -4.43. The van der Waals surface area contributed by atoms with Crippen LogP contribution >= 0.6 is 0 Å². The summed E-state index contributed by atoms with van der Waals surface area (Å²) >= 11 is 0. The smallest absolute Gasteiger partial charge is 0.416 e. The summed E-state index contributed by atoms with van der Waals surface area (Å²) in [6.07, 6.45) is -2.02. The molecule has 1 saturated carbocycles. The van der Waals surface area contributed by atoms with Crippen LogP contribution in [0.5, 0.6) is 0 Å². The molecule has 48 heavy (non-hydrogen) atoms. The highest BCUT2D eigenvalue weighted by molar-refractivity contribution is 5.82. The number of aryl methyl sites for hydroxylation is 2. The summed E-state index contributed by atoms with van der Waals surface area (Å²) in [6.45, 7) is 7.89. The fourth-order valence-electron chi connectivity index (χ4n) is 5.72. The molecule has 0 bridgehead atoms. The van der Waals surface area contributed by atoms with Crippen molar-refractivity contribution >= 4 is 11.9 Å². The third-order valence-electron chi connectivity index (χ3n) is 8.28. The lowest BCUT2D eigenvalue weighted by molar-refractivity contribution is -0.139. The maximum Gasteiger partial charge on any atom is 0.416 e. The molecule has 1 aromatic carbocycles. The molecule has 256 valence electrons. The number of amides is 1. The van der Waals surface area contributed by atoms with E-state index in [1.807, 2.05) is 52.0 Å². The highest BCUT2D eigenvalue weighted by atomic mass is 19.4. The molecule has 2 atom stereocenters. The monoisotopic (exact) mass is 664 g/mol. The molecule has 0 radical (unpaired) electrons. The van der Waals surface area contributed by atoms with E-state index in [0.29, 0.717) is 11.8 Å². The summed E-state index contributed by atoms with van der Waals surface area (Å²) in [6, 6.07) is 7.71. The van der Waals surface area contributed by atoms with Gasteiger partial charge in [-0.15, -0.1) is 0 Å². The average Bonchev–Trinajstić information content (AvgIpc) is 3.81. The number of alkyl halides is 3. The van der Waals surface area contributed by atoms with Crippen molar-refractivity contribution in [3.05, 3.63) is 86.6 Å². The average molecular weight is 665 g/mol. The van der Waals surface area contributed by atoms with Gasteiger partial charge in [0.15, 0.2) is 0 Å². The van der Waals surface area contributed by atoms with Crippen molar-refractivity contribution in [2.75, 3.05) is 20.6 Å². The van der Waals surface area contributed by atoms with Gasteiger partial charge in [0.1, 0.15) is 11.7 Å². The van der Waals surface area contributed by atoms with Crippen LogP contribution in [-0.4, -0.2) is 52.1 Å². The fraction of sp³-hybridized carbons (Fsp3) is 0.459. The number of hydrogen-bond acceptors (Lipinski definition) is 5. The van der Waals surface area contributed by atoms with Crippen LogP contribution in [0.15, 0.2) is 47.4 Å². The van der Waals surface area contributed by atoms with Crippen LogP contribution in [0.2, 0.25) is 0 Å². The first-order valence-electron chi connectivity index (χ1n) is 16.1. The van der Waals surface area contributed by atoms with E-state index in [1.165, 1.54) is 0 Å². The van der Waals surface area contributed by atoms with Crippen LogP contribution in [0.4, 0.5) is 13.2 Å². The number of benzene rings is 1. The molecule has 1 fully saturated rings. The molecule has 11 heteroatoms. The second-order valence-corrected chi connectivity index (χ2v) is 13.3. The number of carboxylic acids is 1. The number of nitrogens with zero attached hydrogens (tertiary/aromatic N) is 3. The molecule has 0 unspecified atom stereocenters. The molecule has 2 N–H and O–H groups in total. The van der Waals surface area contributed by atoms with E-state index in [2.05, 4.69) is 22.1 Å². The third-order valence-corrected chi connectivity index (χ3v) is 8.28. The third kappa shape index (κ3) is 9.57. The van der Waals surface area contributed by atoms with E-state index in [-0.39, 0.29) is 42.5 Å². The van der Waals surface area contributed by atoms with E-state index < -0.39 is 47.7 Å². The highest BCUT2D eigenvalue weighted by Crippen LogP contribution is 2.33. The maximum atomic E-state index is 14.1. The largest absolute Gasteiger partial charge is 0.481 e. The number of carbonyl (C=O) groups is 2. The Labute approximate surface area is 279 Å². The molecule has 1 aliphatic carbocycles. The Kier molecular flexibility index (Phi) is 11.5. The molecule has 0 spiro atoms. The lowest BCUT2D eigenvalue weighted by atomic mass is 9.94. The van der Waals surface area contributed by atoms with Crippen molar-refractivity contribution in [1.82, 2.24) is 19.8 Å². The number of likely N-dealkylation sites (N-methyl/N-ethyl adjacent to an activating group) is 1.